The average Bonchev–Trinajstić information content (AvgIpc) is 3.02. The van der Waals surface area contributed by atoms with Gasteiger partial charge in [-0.05, 0) is 63.2 Å². The molecule has 0 unspecified atom stereocenters. The minimum atomic E-state index is -0.516. The summed E-state index contributed by atoms with van der Waals surface area (Å²) in [6, 6.07) is -0.516. The van der Waals surface area contributed by atoms with E-state index in [9.17, 15) is 9.59 Å². The maximum Gasteiger partial charge on any atom is 0.321 e. The van der Waals surface area contributed by atoms with Gasteiger partial charge in [-0.15, -0.1) is 10.2 Å². The van der Waals surface area contributed by atoms with Gasteiger partial charge in [-0.2, -0.15) is 0 Å². The number of nitrogens with one attached hydrogen (secondary N) is 2. The molecular weight excluding hydrogens is 340 g/mol. The van der Waals surface area contributed by atoms with Crippen LogP contribution in [-0.2, 0) is 10.2 Å². The summed E-state index contributed by atoms with van der Waals surface area (Å²) >= 11 is 1.20. The number of amides is 3. The Morgan fingerprint density at radius 1 is 1.16 bits per heavy atom. The highest BCUT2D eigenvalue weighted by Gasteiger charge is 2.54. The zero-order valence-electron chi connectivity index (χ0n) is 14.6. The largest absolute Gasteiger partial charge is 0.415 e. The number of imide groups is 1. The van der Waals surface area contributed by atoms with Crippen molar-refractivity contribution in [3.63, 3.8) is 0 Å². The van der Waals surface area contributed by atoms with Crippen molar-refractivity contribution in [2.24, 2.45) is 17.8 Å². The van der Waals surface area contributed by atoms with E-state index in [2.05, 4.69) is 20.8 Å². The lowest BCUT2D eigenvalue weighted by Crippen LogP contribution is -2.48. The van der Waals surface area contributed by atoms with Gasteiger partial charge < -0.3 is 9.73 Å². The van der Waals surface area contributed by atoms with E-state index < -0.39 is 11.3 Å². The van der Waals surface area contributed by atoms with Crippen LogP contribution in [0.3, 0.4) is 0 Å². The Kier molecular flexibility index (Phi) is 4.25. The molecule has 2 N–H and O–H groups in total. The number of carbonyl (C=O) groups excluding carboxylic acids is 2. The van der Waals surface area contributed by atoms with Crippen LogP contribution in [-0.4, -0.2) is 34.4 Å². The molecule has 0 aliphatic heterocycles. The number of urea groups is 1. The van der Waals surface area contributed by atoms with Crippen LogP contribution in [0.5, 0.6) is 0 Å². The van der Waals surface area contributed by atoms with Crippen molar-refractivity contribution in [1.29, 1.82) is 0 Å². The third-order valence-electron chi connectivity index (χ3n) is 6.01. The highest BCUT2D eigenvalue weighted by molar-refractivity contribution is 8.00. The molecule has 4 aliphatic rings. The second kappa shape index (κ2) is 6.30. The molecule has 5 rings (SSSR count). The van der Waals surface area contributed by atoms with Gasteiger partial charge in [-0.1, -0.05) is 11.8 Å². The number of hydrogen-bond acceptors (Lipinski definition) is 6. The summed E-state index contributed by atoms with van der Waals surface area (Å²) in [5.41, 5.74) is 0.0636. The first-order valence-corrected chi connectivity index (χ1v) is 9.88. The zero-order chi connectivity index (χ0) is 17.6. The third kappa shape index (κ3) is 3.16. The van der Waals surface area contributed by atoms with Crippen molar-refractivity contribution in [3.8, 4) is 0 Å². The summed E-state index contributed by atoms with van der Waals surface area (Å²) in [6.07, 6.45) is 7.59. The van der Waals surface area contributed by atoms with E-state index in [-0.39, 0.29) is 11.3 Å². The Morgan fingerprint density at radius 2 is 1.76 bits per heavy atom. The molecule has 8 heteroatoms. The van der Waals surface area contributed by atoms with Crippen molar-refractivity contribution in [1.82, 2.24) is 20.8 Å². The molecule has 7 nitrogen and oxygen atoms in total. The Bertz CT molecular complexity index is 654. The Hall–Kier alpha value is -1.57. The second-order valence-electron chi connectivity index (χ2n) is 7.90. The fourth-order valence-corrected chi connectivity index (χ4v) is 6.01. The number of thioether (sulfide) groups is 1. The normalized spacial score (nSPS) is 33.9. The van der Waals surface area contributed by atoms with E-state index in [4.69, 9.17) is 4.42 Å². The molecule has 0 radical (unpaired) electrons. The van der Waals surface area contributed by atoms with E-state index >= 15 is 0 Å². The third-order valence-corrected chi connectivity index (χ3v) is 6.94. The predicted molar refractivity (Wildman–Crippen MR) is 92.1 cm³/mol. The molecule has 0 saturated heterocycles. The van der Waals surface area contributed by atoms with Crippen LogP contribution in [0.2, 0.25) is 0 Å². The van der Waals surface area contributed by atoms with Crippen molar-refractivity contribution in [2.45, 2.75) is 61.3 Å². The maximum absolute atomic E-state index is 12.0. The minimum Gasteiger partial charge on any atom is -0.415 e. The molecule has 136 valence electrons. The van der Waals surface area contributed by atoms with Gasteiger partial charge in [0.1, 0.15) is 0 Å². The number of nitrogens with zero attached hydrogens (tertiary/aromatic N) is 2. The van der Waals surface area contributed by atoms with E-state index in [0.29, 0.717) is 5.22 Å². The van der Waals surface area contributed by atoms with Crippen molar-refractivity contribution in [2.75, 3.05) is 7.05 Å². The van der Waals surface area contributed by atoms with Gasteiger partial charge in [0.15, 0.2) is 0 Å². The van der Waals surface area contributed by atoms with Gasteiger partial charge in [-0.25, -0.2) is 4.79 Å². The lowest BCUT2D eigenvalue weighted by Gasteiger charge is -2.55. The maximum atomic E-state index is 12.0. The standard InChI is InChI=1S/C17H24N4O3S/c1-9(13(22)19-15(23)18-2)25-16-21-20-14(24-16)17-6-10-3-11(7-17)5-12(4-10)8-17/h9-12H,3-8H2,1-2H3,(H2,18,19,22,23)/t9-,10?,11?,12?,17?/m1/s1. The lowest BCUT2D eigenvalue weighted by atomic mass is 9.49. The van der Waals surface area contributed by atoms with Gasteiger partial charge in [0.2, 0.25) is 11.8 Å². The van der Waals surface area contributed by atoms with Crippen molar-refractivity contribution in [3.05, 3.63) is 5.89 Å². The zero-order valence-corrected chi connectivity index (χ0v) is 15.4. The molecule has 3 amide bonds. The van der Waals surface area contributed by atoms with Crippen LogP contribution < -0.4 is 10.6 Å². The number of carbonyl (C=O) groups is 2. The van der Waals surface area contributed by atoms with Crippen LogP contribution in [0, 0.1) is 17.8 Å². The van der Waals surface area contributed by atoms with Crippen LogP contribution in [0.4, 0.5) is 4.79 Å². The number of aromatic nitrogens is 2. The topological polar surface area (TPSA) is 97.1 Å². The number of rotatable bonds is 4. The summed E-state index contributed by atoms with van der Waals surface area (Å²) in [4.78, 5) is 23.2. The smallest absolute Gasteiger partial charge is 0.321 e. The van der Waals surface area contributed by atoms with Crippen LogP contribution in [0.25, 0.3) is 0 Å². The first-order chi connectivity index (χ1) is 12.0. The first kappa shape index (κ1) is 16.9. The summed E-state index contributed by atoms with van der Waals surface area (Å²) in [6.45, 7) is 1.72. The number of hydrogen-bond donors (Lipinski definition) is 2. The SMILES string of the molecule is CNC(=O)NC(=O)[C@@H](C)Sc1nnc(C23CC4CC(CC(C4)C2)C3)o1. The molecule has 25 heavy (non-hydrogen) atoms. The molecule has 1 aromatic rings. The molecule has 4 fully saturated rings. The summed E-state index contributed by atoms with van der Waals surface area (Å²) in [5, 5.41) is 13.1. The quantitative estimate of drug-likeness (QED) is 0.797. The highest BCUT2D eigenvalue weighted by atomic mass is 32.2. The Balaban J connectivity index is 1.44. The van der Waals surface area contributed by atoms with E-state index in [1.165, 1.54) is 57.3 Å². The van der Waals surface area contributed by atoms with Crippen LogP contribution >= 0.6 is 11.8 Å². The molecule has 4 saturated carbocycles. The second-order valence-corrected chi connectivity index (χ2v) is 9.19. The average molecular weight is 364 g/mol. The van der Waals surface area contributed by atoms with Crippen LogP contribution in [0.15, 0.2) is 9.64 Å². The van der Waals surface area contributed by atoms with Gasteiger partial charge in [-0.3, -0.25) is 10.1 Å². The fraction of sp³-hybridized carbons (Fsp3) is 0.765. The van der Waals surface area contributed by atoms with Gasteiger partial charge in [0.25, 0.3) is 5.22 Å². The summed E-state index contributed by atoms with van der Waals surface area (Å²) in [7, 11) is 1.47. The summed E-state index contributed by atoms with van der Waals surface area (Å²) in [5.74, 6) is 2.82. The highest BCUT2D eigenvalue weighted by Crippen LogP contribution is 2.60. The van der Waals surface area contributed by atoms with E-state index in [0.717, 1.165) is 23.6 Å². The predicted octanol–water partition coefficient (Wildman–Crippen LogP) is 2.47. The van der Waals surface area contributed by atoms with Crippen molar-refractivity contribution >= 4 is 23.7 Å². The Labute approximate surface area is 151 Å². The van der Waals surface area contributed by atoms with E-state index in [1.807, 2.05) is 0 Å². The molecule has 0 spiro atoms. The van der Waals surface area contributed by atoms with Crippen molar-refractivity contribution < 1.29 is 14.0 Å². The lowest BCUT2D eigenvalue weighted by molar-refractivity contribution is -0.119. The fourth-order valence-electron chi connectivity index (χ4n) is 5.33. The molecule has 1 aromatic heterocycles. The molecular formula is C17H24N4O3S. The van der Waals surface area contributed by atoms with Gasteiger partial charge in [0, 0.05) is 12.5 Å². The van der Waals surface area contributed by atoms with Gasteiger partial charge >= 0.3 is 6.03 Å². The minimum absolute atomic E-state index is 0.0636. The van der Waals surface area contributed by atoms with Crippen LogP contribution in [0.1, 0.15) is 51.3 Å². The molecule has 1 atom stereocenters. The molecule has 0 aromatic carbocycles. The first-order valence-electron chi connectivity index (χ1n) is 9.00. The molecule has 4 bridgehead atoms. The molecule has 4 aliphatic carbocycles. The van der Waals surface area contributed by atoms with E-state index in [1.54, 1.807) is 6.92 Å². The molecule has 1 heterocycles. The van der Waals surface area contributed by atoms with Gasteiger partial charge in [0.05, 0.1) is 5.25 Å². The monoisotopic (exact) mass is 364 g/mol. The summed E-state index contributed by atoms with van der Waals surface area (Å²) < 4.78 is 5.98. The Morgan fingerprint density at radius 3 is 2.32 bits per heavy atom.